The molecule has 1 aromatic carbocycles. The van der Waals surface area contributed by atoms with Gasteiger partial charge in [-0.25, -0.2) is 0 Å². The third-order valence-corrected chi connectivity index (χ3v) is 13.1. The minimum atomic E-state index is -4.79. The molecule has 0 spiro atoms. The van der Waals surface area contributed by atoms with E-state index in [4.69, 9.17) is 0 Å². The second-order valence-corrected chi connectivity index (χ2v) is 18.1. The summed E-state index contributed by atoms with van der Waals surface area (Å²) >= 11 is 0. The van der Waals surface area contributed by atoms with Crippen molar-refractivity contribution in [2.75, 3.05) is 33.7 Å². The Morgan fingerprint density at radius 2 is 1.58 bits per heavy atom. The van der Waals surface area contributed by atoms with Gasteiger partial charge in [-0.15, -0.1) is 0 Å². The van der Waals surface area contributed by atoms with Crippen molar-refractivity contribution in [1.29, 1.82) is 5.26 Å². The van der Waals surface area contributed by atoms with Gasteiger partial charge in [0.1, 0.15) is 41.7 Å². The Labute approximate surface area is 375 Å². The molecule has 3 aliphatic rings. The van der Waals surface area contributed by atoms with Gasteiger partial charge in [-0.3, -0.25) is 33.6 Å². The smallest absolute Gasteiger partial charge is 0.344 e. The first kappa shape index (κ1) is 51.4. The fourth-order valence-corrected chi connectivity index (χ4v) is 9.34. The molecule has 4 rings (SSSR count). The molecule has 2 saturated heterocycles. The highest BCUT2D eigenvalue weighted by atomic mass is 19.4. The number of rotatable bonds is 11. The molecule has 2 aliphatic heterocycles. The molecule has 64 heavy (non-hydrogen) atoms. The van der Waals surface area contributed by atoms with Crippen molar-refractivity contribution in [2.45, 2.75) is 161 Å². The van der Waals surface area contributed by atoms with Crippen molar-refractivity contribution in [3.63, 3.8) is 0 Å². The number of amides is 7. The molecule has 1 saturated carbocycles. The van der Waals surface area contributed by atoms with Crippen molar-refractivity contribution >= 4 is 41.4 Å². The van der Waals surface area contributed by atoms with Gasteiger partial charge in [0.15, 0.2) is 0 Å². The zero-order valence-corrected chi connectivity index (χ0v) is 38.4. The zero-order valence-electron chi connectivity index (χ0n) is 38.4. The lowest BCUT2D eigenvalue weighted by molar-refractivity contribution is -0.236. The van der Waals surface area contributed by atoms with Crippen LogP contribution in [0.25, 0.3) is 0 Å². The largest absolute Gasteiger partial charge is 0.403 e. The van der Waals surface area contributed by atoms with Crippen molar-refractivity contribution in [1.82, 2.24) is 35.6 Å². The molecule has 0 bridgehead atoms. The maximum atomic E-state index is 14.5. The fourth-order valence-electron chi connectivity index (χ4n) is 9.34. The number of carbonyl (C=O) groups excluding carboxylic acids is 7. The summed E-state index contributed by atoms with van der Waals surface area (Å²) in [7, 11) is 3.05. The summed E-state index contributed by atoms with van der Waals surface area (Å²) in [5.74, 6) is -4.82. The number of nitrogens with zero attached hydrogens (tertiary/aromatic N) is 5. The molecule has 1 aromatic rings. The van der Waals surface area contributed by atoms with Crippen LogP contribution in [0.5, 0.6) is 0 Å². The molecule has 18 heteroatoms. The molecule has 1 aliphatic carbocycles. The predicted octanol–water partition coefficient (Wildman–Crippen LogP) is 4.22. The second kappa shape index (κ2) is 22.6. The minimum absolute atomic E-state index is 0.00252. The molecule has 3 N–H and O–H groups in total. The summed E-state index contributed by atoms with van der Waals surface area (Å²) in [6.07, 6.45) is -2.65. The predicted molar refractivity (Wildman–Crippen MR) is 232 cm³/mol. The van der Waals surface area contributed by atoms with Crippen molar-refractivity contribution in [2.24, 2.45) is 11.3 Å². The van der Waals surface area contributed by atoms with Crippen LogP contribution in [0.15, 0.2) is 24.3 Å². The lowest BCUT2D eigenvalue weighted by Crippen LogP contribution is -2.61. The Kier molecular flexibility index (Phi) is 18.2. The van der Waals surface area contributed by atoms with Gasteiger partial charge >= 0.3 is 6.18 Å². The first-order valence-corrected chi connectivity index (χ1v) is 22.8. The van der Waals surface area contributed by atoms with Gasteiger partial charge in [0.05, 0.1) is 11.6 Å². The second-order valence-electron chi connectivity index (χ2n) is 18.1. The molecular formula is C46H67F3N8O7. The van der Waals surface area contributed by atoms with E-state index >= 15 is 0 Å². The van der Waals surface area contributed by atoms with E-state index in [0.717, 1.165) is 4.90 Å². The van der Waals surface area contributed by atoms with Gasteiger partial charge in [-0.05, 0) is 95.2 Å². The molecule has 15 nitrogen and oxygen atoms in total. The van der Waals surface area contributed by atoms with Crippen LogP contribution < -0.4 is 16.0 Å². The van der Waals surface area contributed by atoms with Gasteiger partial charge in [0.25, 0.3) is 0 Å². The Balaban J connectivity index is 1.63. The Morgan fingerprint density at radius 3 is 2.19 bits per heavy atom. The summed E-state index contributed by atoms with van der Waals surface area (Å²) in [6.45, 7) is 8.81. The first-order chi connectivity index (χ1) is 30.2. The number of likely N-dealkylation sites (tertiary alicyclic amines) is 1. The third kappa shape index (κ3) is 12.1. The normalized spacial score (nSPS) is 24.7. The van der Waals surface area contributed by atoms with E-state index in [1.54, 1.807) is 45.2 Å². The van der Waals surface area contributed by atoms with Gasteiger partial charge in [-0.1, -0.05) is 52.2 Å². The van der Waals surface area contributed by atoms with E-state index in [1.807, 2.05) is 13.8 Å². The molecule has 0 unspecified atom stereocenters. The molecular weight excluding hydrogens is 834 g/mol. The summed E-state index contributed by atoms with van der Waals surface area (Å²) in [5.41, 5.74) is -1.62. The first-order valence-electron chi connectivity index (χ1n) is 22.8. The highest BCUT2D eigenvalue weighted by Crippen LogP contribution is 2.51. The maximum Gasteiger partial charge on any atom is 0.403 e. The molecule has 6 atom stereocenters. The SMILES string of the molecule is CC[C@H]1NC(=O)[C@H](Cc2cccc(C#N)c2)N(C)C(=O)[C@H](CC(C)C)NC(=O)[C@@H](N(CC)C(=O)[C@H](C)NC(=O)[C@@H]2CCCN2C(=O)C2(C(F)(F)F)CCCCC2)CCCCN(C)C1=O. The number of alkyl halides is 3. The topological polar surface area (TPSA) is 192 Å². The van der Waals surface area contributed by atoms with Crippen LogP contribution in [-0.4, -0.2) is 137 Å². The lowest BCUT2D eigenvalue weighted by Gasteiger charge is -2.41. The Hall–Kier alpha value is -5.21. The summed E-state index contributed by atoms with van der Waals surface area (Å²) in [4.78, 5) is 104. The number of nitrogens with one attached hydrogen (secondary N) is 3. The van der Waals surface area contributed by atoms with Crippen LogP contribution in [0.1, 0.15) is 123 Å². The highest BCUT2D eigenvalue weighted by molar-refractivity contribution is 5.97. The average molecular weight is 901 g/mol. The number of carbonyl (C=O) groups is 7. The van der Waals surface area contributed by atoms with Gasteiger partial charge in [-0.2, -0.15) is 18.4 Å². The Bertz CT molecular complexity index is 1900. The summed E-state index contributed by atoms with van der Waals surface area (Å²) in [6, 6.07) is 1.87. The van der Waals surface area contributed by atoms with Crippen LogP contribution >= 0.6 is 0 Å². The maximum absolute atomic E-state index is 14.5. The summed E-state index contributed by atoms with van der Waals surface area (Å²) in [5, 5.41) is 17.9. The van der Waals surface area contributed by atoms with E-state index in [0.29, 0.717) is 36.8 Å². The zero-order chi connectivity index (χ0) is 47.5. The van der Waals surface area contributed by atoms with Crippen molar-refractivity contribution in [3.8, 4) is 6.07 Å². The van der Waals surface area contributed by atoms with E-state index in [-0.39, 0.29) is 89.2 Å². The molecule has 2 heterocycles. The number of hydrogen-bond donors (Lipinski definition) is 3. The average Bonchev–Trinajstić information content (AvgIpc) is 3.76. The highest BCUT2D eigenvalue weighted by Gasteiger charge is 2.62. The van der Waals surface area contributed by atoms with E-state index in [9.17, 15) is 52.0 Å². The van der Waals surface area contributed by atoms with E-state index in [2.05, 4.69) is 22.0 Å². The van der Waals surface area contributed by atoms with Gasteiger partial charge in [0.2, 0.25) is 41.4 Å². The van der Waals surface area contributed by atoms with E-state index < -0.39 is 83.3 Å². The number of benzene rings is 1. The number of likely N-dealkylation sites (N-methyl/N-ethyl adjacent to an activating group) is 3. The molecule has 7 amide bonds. The third-order valence-electron chi connectivity index (χ3n) is 13.1. The van der Waals surface area contributed by atoms with E-state index in [1.165, 1.54) is 28.7 Å². The fraction of sp³-hybridized carbons (Fsp3) is 0.696. The summed E-state index contributed by atoms with van der Waals surface area (Å²) < 4.78 is 43.6. The van der Waals surface area contributed by atoms with Crippen molar-refractivity contribution < 1.29 is 46.7 Å². The van der Waals surface area contributed by atoms with Crippen LogP contribution in [0.4, 0.5) is 13.2 Å². The molecule has 3 fully saturated rings. The monoisotopic (exact) mass is 901 g/mol. The Morgan fingerprint density at radius 1 is 0.906 bits per heavy atom. The van der Waals surface area contributed by atoms with Crippen LogP contribution in [0.2, 0.25) is 0 Å². The van der Waals surface area contributed by atoms with Crippen molar-refractivity contribution in [3.05, 3.63) is 35.4 Å². The lowest BCUT2D eigenvalue weighted by atomic mass is 9.72. The number of halogens is 3. The standard InChI is InChI=1S/C46H67F3N8O7/c1-8-33-42(62)54(6)23-14-11-19-35(39(59)53-34(25-29(3)4)43(63)55(7)37(40(60)52-33)27-31-17-15-18-32(26-31)28-50)56(9-2)41(61)30(5)51-38(58)36-20-16-24-57(36)44(64)45(46(47,48)49)21-12-10-13-22-45/h15,17-18,26,29-30,33-37H,8-14,16,19-25,27H2,1-7H3,(H,51,58)(H,52,60)(H,53,59)/t30-,33+,34-,35-,36-,37-/m0/s1. The number of nitriles is 1. The van der Waals surface area contributed by atoms with Gasteiger partial charge in [0, 0.05) is 40.2 Å². The molecule has 354 valence electrons. The van der Waals surface area contributed by atoms with Crippen LogP contribution in [0.3, 0.4) is 0 Å². The number of hydrogen-bond acceptors (Lipinski definition) is 8. The molecule has 0 radical (unpaired) electrons. The minimum Gasteiger partial charge on any atom is -0.344 e. The molecule has 0 aromatic heterocycles. The van der Waals surface area contributed by atoms with Gasteiger partial charge < -0.3 is 35.6 Å². The van der Waals surface area contributed by atoms with Crippen LogP contribution in [0, 0.1) is 22.7 Å². The van der Waals surface area contributed by atoms with Crippen LogP contribution in [-0.2, 0) is 40.0 Å². The quantitative estimate of drug-likeness (QED) is 0.294.